The van der Waals surface area contributed by atoms with Crippen molar-refractivity contribution in [3.05, 3.63) is 34.9 Å². The van der Waals surface area contributed by atoms with Crippen molar-refractivity contribution in [2.75, 3.05) is 6.61 Å². The molecule has 2 unspecified atom stereocenters. The summed E-state index contributed by atoms with van der Waals surface area (Å²) in [6.07, 6.45) is 7.76. The maximum atomic E-state index is 6.58. The van der Waals surface area contributed by atoms with Gasteiger partial charge in [0, 0.05) is 12.6 Å². The van der Waals surface area contributed by atoms with Gasteiger partial charge in [-0.05, 0) is 62.6 Å². The van der Waals surface area contributed by atoms with Gasteiger partial charge in [-0.1, -0.05) is 37.5 Å². The Morgan fingerprint density at radius 1 is 1.14 bits per heavy atom. The van der Waals surface area contributed by atoms with Gasteiger partial charge in [0.25, 0.3) is 0 Å². The van der Waals surface area contributed by atoms with Crippen molar-refractivity contribution in [1.82, 2.24) is 0 Å². The molecule has 0 amide bonds. The van der Waals surface area contributed by atoms with Gasteiger partial charge in [-0.15, -0.1) is 0 Å². The van der Waals surface area contributed by atoms with Gasteiger partial charge >= 0.3 is 0 Å². The Kier molecular flexibility index (Phi) is 6.25. The van der Waals surface area contributed by atoms with Crippen molar-refractivity contribution in [2.24, 2.45) is 11.7 Å². The van der Waals surface area contributed by atoms with E-state index in [0.29, 0.717) is 5.92 Å². The van der Waals surface area contributed by atoms with Crippen LogP contribution >= 0.6 is 0 Å². The van der Waals surface area contributed by atoms with Crippen LogP contribution in [0.1, 0.15) is 55.7 Å². The van der Waals surface area contributed by atoms with Crippen molar-refractivity contribution in [3.63, 3.8) is 0 Å². The Labute approximate surface area is 130 Å². The lowest BCUT2D eigenvalue weighted by Crippen LogP contribution is -2.44. The smallest absolute Gasteiger partial charge is 0.0757 e. The van der Waals surface area contributed by atoms with E-state index >= 15 is 0 Å². The lowest BCUT2D eigenvalue weighted by Gasteiger charge is -2.34. The molecular weight excluding hydrogens is 258 g/mol. The Balaban J connectivity index is 2.09. The molecule has 2 rings (SSSR count). The average Bonchev–Trinajstić information content (AvgIpc) is 2.49. The molecule has 0 bridgehead atoms. The van der Waals surface area contributed by atoms with Gasteiger partial charge in [0.15, 0.2) is 0 Å². The molecule has 1 saturated carbocycles. The summed E-state index contributed by atoms with van der Waals surface area (Å²) in [6.45, 7) is 7.22. The van der Waals surface area contributed by atoms with Gasteiger partial charge in [-0.2, -0.15) is 0 Å². The molecule has 1 aliphatic carbocycles. The van der Waals surface area contributed by atoms with Crippen LogP contribution in [0.2, 0.25) is 0 Å². The summed E-state index contributed by atoms with van der Waals surface area (Å²) >= 11 is 0. The van der Waals surface area contributed by atoms with E-state index in [9.17, 15) is 0 Å². The fraction of sp³-hybridized carbons (Fsp3) is 0.684. The Morgan fingerprint density at radius 2 is 1.76 bits per heavy atom. The minimum atomic E-state index is 0.104. The number of benzene rings is 1. The topological polar surface area (TPSA) is 35.2 Å². The van der Waals surface area contributed by atoms with Gasteiger partial charge in [0.1, 0.15) is 0 Å². The number of aryl methyl sites for hydroxylation is 2. The number of ether oxygens (including phenoxy) is 1. The van der Waals surface area contributed by atoms with Crippen molar-refractivity contribution in [3.8, 4) is 0 Å². The normalized spacial score (nSPS) is 19.4. The van der Waals surface area contributed by atoms with E-state index in [-0.39, 0.29) is 12.1 Å². The van der Waals surface area contributed by atoms with E-state index < -0.39 is 0 Å². The molecule has 2 nitrogen and oxygen atoms in total. The molecule has 1 fully saturated rings. The van der Waals surface area contributed by atoms with E-state index in [2.05, 4.69) is 39.0 Å². The third-order valence-corrected chi connectivity index (χ3v) is 4.98. The highest BCUT2D eigenvalue weighted by molar-refractivity contribution is 5.34. The van der Waals surface area contributed by atoms with Gasteiger partial charge in [-0.3, -0.25) is 0 Å². The first kappa shape index (κ1) is 16.5. The predicted molar refractivity (Wildman–Crippen MR) is 89.6 cm³/mol. The van der Waals surface area contributed by atoms with Crippen molar-refractivity contribution >= 4 is 0 Å². The third-order valence-electron chi connectivity index (χ3n) is 4.98. The van der Waals surface area contributed by atoms with Crippen molar-refractivity contribution < 1.29 is 4.74 Å². The molecule has 2 N–H and O–H groups in total. The van der Waals surface area contributed by atoms with Crippen LogP contribution < -0.4 is 5.73 Å². The molecule has 0 heterocycles. The molecular formula is C19H31NO. The molecule has 0 spiro atoms. The van der Waals surface area contributed by atoms with Crippen LogP contribution in [0, 0.1) is 19.8 Å². The number of hydrogen-bond donors (Lipinski definition) is 1. The maximum absolute atomic E-state index is 6.58. The number of nitrogens with two attached hydrogens (primary N) is 1. The van der Waals surface area contributed by atoms with E-state index in [1.807, 2.05) is 0 Å². The zero-order valence-electron chi connectivity index (χ0n) is 13.9. The van der Waals surface area contributed by atoms with E-state index in [1.165, 1.54) is 48.8 Å². The molecule has 21 heavy (non-hydrogen) atoms. The van der Waals surface area contributed by atoms with E-state index in [1.54, 1.807) is 0 Å². The first-order chi connectivity index (χ1) is 10.1. The standard InChI is InChI=1S/C19H31NO/c1-4-21-19(16-11-6-5-7-12-16)18(20)13-17-14(2)9-8-10-15(17)3/h8-10,16,18-19H,4-7,11-13,20H2,1-3H3. The lowest BCUT2D eigenvalue weighted by molar-refractivity contribution is -0.00916. The summed E-state index contributed by atoms with van der Waals surface area (Å²) < 4.78 is 6.07. The molecule has 0 saturated heterocycles. The first-order valence-electron chi connectivity index (χ1n) is 8.55. The number of hydrogen-bond acceptors (Lipinski definition) is 2. The average molecular weight is 289 g/mol. The highest BCUT2D eigenvalue weighted by Crippen LogP contribution is 2.30. The molecule has 118 valence electrons. The van der Waals surface area contributed by atoms with Crippen LogP contribution in [-0.4, -0.2) is 18.8 Å². The monoisotopic (exact) mass is 289 g/mol. The molecule has 0 aliphatic heterocycles. The predicted octanol–water partition coefficient (Wildman–Crippen LogP) is 4.16. The maximum Gasteiger partial charge on any atom is 0.0757 e. The fourth-order valence-electron chi connectivity index (χ4n) is 3.79. The SMILES string of the molecule is CCOC(C(N)Cc1c(C)cccc1C)C1CCCCC1. The van der Waals surface area contributed by atoms with Gasteiger partial charge in [0.2, 0.25) is 0 Å². The molecule has 1 aromatic carbocycles. The minimum absolute atomic E-state index is 0.104. The molecule has 2 heteroatoms. The van der Waals surface area contributed by atoms with Gasteiger partial charge in [0.05, 0.1) is 6.10 Å². The quantitative estimate of drug-likeness (QED) is 0.853. The highest BCUT2D eigenvalue weighted by atomic mass is 16.5. The Morgan fingerprint density at radius 3 is 2.33 bits per heavy atom. The van der Waals surface area contributed by atoms with Crippen LogP contribution in [0.25, 0.3) is 0 Å². The van der Waals surface area contributed by atoms with E-state index in [4.69, 9.17) is 10.5 Å². The lowest BCUT2D eigenvalue weighted by atomic mass is 9.81. The summed E-state index contributed by atoms with van der Waals surface area (Å²) in [4.78, 5) is 0. The largest absolute Gasteiger partial charge is 0.377 e. The second-order valence-electron chi connectivity index (χ2n) is 6.56. The Bertz CT molecular complexity index is 417. The molecule has 2 atom stereocenters. The van der Waals surface area contributed by atoms with E-state index in [0.717, 1.165) is 13.0 Å². The summed E-state index contributed by atoms with van der Waals surface area (Å²) in [6, 6.07) is 6.60. The molecule has 0 radical (unpaired) electrons. The molecule has 1 aromatic rings. The van der Waals surface area contributed by atoms with Crippen molar-refractivity contribution in [1.29, 1.82) is 0 Å². The highest BCUT2D eigenvalue weighted by Gasteiger charge is 2.29. The number of rotatable bonds is 6. The first-order valence-corrected chi connectivity index (χ1v) is 8.55. The third kappa shape index (κ3) is 4.31. The van der Waals surface area contributed by atoms with Crippen LogP contribution in [-0.2, 0) is 11.2 Å². The van der Waals surface area contributed by atoms with Crippen molar-refractivity contribution in [2.45, 2.75) is 71.4 Å². The van der Waals surface area contributed by atoms with Crippen LogP contribution in [0.5, 0.6) is 0 Å². The fourth-order valence-corrected chi connectivity index (χ4v) is 3.79. The second kappa shape index (κ2) is 7.95. The van der Waals surface area contributed by atoms with Crippen LogP contribution in [0.15, 0.2) is 18.2 Å². The van der Waals surface area contributed by atoms with Crippen LogP contribution in [0.3, 0.4) is 0 Å². The zero-order chi connectivity index (χ0) is 15.2. The minimum Gasteiger partial charge on any atom is -0.377 e. The summed E-state index contributed by atoms with van der Waals surface area (Å²) in [5, 5.41) is 0. The molecule has 1 aliphatic rings. The van der Waals surface area contributed by atoms with Crippen LogP contribution in [0.4, 0.5) is 0 Å². The second-order valence-corrected chi connectivity index (χ2v) is 6.56. The summed E-state index contributed by atoms with van der Waals surface area (Å²) in [7, 11) is 0. The zero-order valence-corrected chi connectivity index (χ0v) is 13.9. The van der Waals surface area contributed by atoms with Gasteiger partial charge in [-0.25, -0.2) is 0 Å². The van der Waals surface area contributed by atoms with Gasteiger partial charge < -0.3 is 10.5 Å². The summed E-state index contributed by atoms with van der Waals surface area (Å²) in [5.74, 6) is 0.651. The molecule has 0 aromatic heterocycles. The Hall–Kier alpha value is -0.860. The summed E-state index contributed by atoms with van der Waals surface area (Å²) in [5.41, 5.74) is 10.7.